The molecule has 7 heteroatoms. The lowest BCUT2D eigenvalue weighted by Gasteiger charge is -2.08. The molecule has 2 amide bonds. The number of anilines is 1. The largest absolute Gasteiger partial charge is 0.352 e. The van der Waals surface area contributed by atoms with Crippen molar-refractivity contribution in [3.05, 3.63) is 94.5 Å². The van der Waals surface area contributed by atoms with E-state index in [0.717, 1.165) is 5.56 Å². The zero-order valence-corrected chi connectivity index (χ0v) is 15.5. The monoisotopic (exact) mass is 397 g/mol. The number of para-hydroxylation sites is 1. The minimum atomic E-state index is -0.464. The molecule has 0 radical (unpaired) electrons. The van der Waals surface area contributed by atoms with Gasteiger partial charge in [-0.05, 0) is 48.4 Å². The Morgan fingerprint density at radius 2 is 1.75 bits per heavy atom. The molecule has 0 fully saturated rings. The molecule has 1 heterocycles. The summed E-state index contributed by atoms with van der Waals surface area (Å²) in [6, 6.07) is 15.9. The summed E-state index contributed by atoms with van der Waals surface area (Å²) in [6.45, 7) is 0.383. The molecular formula is C21H17ClFN3O2. The molecule has 0 aliphatic heterocycles. The summed E-state index contributed by atoms with van der Waals surface area (Å²) in [5.41, 5.74) is 1.80. The normalized spacial score (nSPS) is 10.4. The topological polar surface area (TPSA) is 71.1 Å². The highest BCUT2D eigenvalue weighted by Gasteiger charge is 2.13. The maximum atomic E-state index is 12.9. The second-order valence-corrected chi connectivity index (χ2v) is 6.40. The van der Waals surface area contributed by atoms with Crippen molar-refractivity contribution in [1.29, 1.82) is 0 Å². The van der Waals surface area contributed by atoms with Gasteiger partial charge in [0.25, 0.3) is 11.8 Å². The SMILES string of the molecule is O=C(NCCc1ccc(F)cc1)c1ccnc(C(=O)Nc2ccccc2Cl)c1. The van der Waals surface area contributed by atoms with E-state index in [0.29, 0.717) is 29.2 Å². The van der Waals surface area contributed by atoms with Crippen LogP contribution >= 0.6 is 11.6 Å². The number of halogens is 2. The fraction of sp³-hybridized carbons (Fsp3) is 0.0952. The molecule has 0 atom stereocenters. The van der Waals surface area contributed by atoms with Crippen molar-refractivity contribution >= 4 is 29.1 Å². The average Bonchev–Trinajstić information content (AvgIpc) is 2.71. The van der Waals surface area contributed by atoms with E-state index in [1.165, 1.54) is 30.5 Å². The van der Waals surface area contributed by atoms with Crippen LogP contribution in [0.1, 0.15) is 26.4 Å². The van der Waals surface area contributed by atoms with Crippen molar-refractivity contribution in [2.45, 2.75) is 6.42 Å². The van der Waals surface area contributed by atoms with E-state index >= 15 is 0 Å². The zero-order chi connectivity index (χ0) is 19.9. The molecule has 0 saturated carbocycles. The quantitative estimate of drug-likeness (QED) is 0.657. The van der Waals surface area contributed by atoms with Crippen LogP contribution in [0.3, 0.4) is 0 Å². The molecule has 0 aliphatic carbocycles. The number of hydrogen-bond acceptors (Lipinski definition) is 3. The molecule has 0 unspecified atom stereocenters. The number of carbonyl (C=O) groups excluding carboxylic acids is 2. The third-order valence-corrected chi connectivity index (χ3v) is 4.32. The van der Waals surface area contributed by atoms with Crippen molar-refractivity contribution in [3.63, 3.8) is 0 Å². The van der Waals surface area contributed by atoms with Crippen LogP contribution in [0.4, 0.5) is 10.1 Å². The fourth-order valence-electron chi connectivity index (χ4n) is 2.52. The van der Waals surface area contributed by atoms with E-state index in [1.54, 1.807) is 36.4 Å². The summed E-state index contributed by atoms with van der Waals surface area (Å²) < 4.78 is 12.9. The smallest absolute Gasteiger partial charge is 0.274 e. The van der Waals surface area contributed by atoms with Crippen LogP contribution in [0.2, 0.25) is 5.02 Å². The van der Waals surface area contributed by atoms with Gasteiger partial charge in [-0.3, -0.25) is 14.6 Å². The average molecular weight is 398 g/mol. The molecule has 142 valence electrons. The highest BCUT2D eigenvalue weighted by atomic mass is 35.5. The molecule has 1 aromatic heterocycles. The van der Waals surface area contributed by atoms with E-state index in [-0.39, 0.29) is 17.4 Å². The molecule has 0 spiro atoms. The van der Waals surface area contributed by atoms with Crippen LogP contribution in [-0.4, -0.2) is 23.3 Å². The second-order valence-electron chi connectivity index (χ2n) is 6.00. The Morgan fingerprint density at radius 1 is 1.00 bits per heavy atom. The van der Waals surface area contributed by atoms with Crippen LogP contribution in [0.5, 0.6) is 0 Å². The number of nitrogens with zero attached hydrogens (tertiary/aromatic N) is 1. The molecule has 5 nitrogen and oxygen atoms in total. The predicted octanol–water partition coefficient (Wildman–Crippen LogP) is 4.10. The molecule has 2 N–H and O–H groups in total. The Balaban J connectivity index is 1.60. The molecule has 28 heavy (non-hydrogen) atoms. The van der Waals surface area contributed by atoms with E-state index in [2.05, 4.69) is 15.6 Å². The first-order valence-electron chi connectivity index (χ1n) is 8.57. The van der Waals surface area contributed by atoms with Crippen LogP contribution < -0.4 is 10.6 Å². The highest BCUT2D eigenvalue weighted by molar-refractivity contribution is 6.33. The van der Waals surface area contributed by atoms with Gasteiger partial charge in [-0.2, -0.15) is 0 Å². The van der Waals surface area contributed by atoms with Crippen LogP contribution in [0.15, 0.2) is 66.9 Å². The number of carbonyl (C=O) groups is 2. The van der Waals surface area contributed by atoms with Crippen molar-refractivity contribution in [2.24, 2.45) is 0 Å². The van der Waals surface area contributed by atoms with Gasteiger partial charge >= 0.3 is 0 Å². The lowest BCUT2D eigenvalue weighted by Crippen LogP contribution is -2.26. The Labute approximate surface area is 166 Å². The standard InChI is InChI=1S/C21H17ClFN3O2/c22-17-3-1-2-4-18(17)26-21(28)19-13-15(10-12-24-19)20(27)25-11-9-14-5-7-16(23)8-6-14/h1-8,10,12-13H,9,11H2,(H,25,27)(H,26,28). The van der Waals surface area contributed by atoms with E-state index in [9.17, 15) is 14.0 Å². The zero-order valence-electron chi connectivity index (χ0n) is 14.8. The van der Waals surface area contributed by atoms with Gasteiger partial charge in [0.05, 0.1) is 10.7 Å². The van der Waals surface area contributed by atoms with Gasteiger partial charge in [0, 0.05) is 18.3 Å². The van der Waals surface area contributed by atoms with Gasteiger partial charge in [0.15, 0.2) is 0 Å². The maximum absolute atomic E-state index is 12.9. The molecule has 0 bridgehead atoms. The number of benzene rings is 2. The summed E-state index contributed by atoms with van der Waals surface area (Å²) in [4.78, 5) is 28.7. The van der Waals surface area contributed by atoms with Gasteiger partial charge in [-0.15, -0.1) is 0 Å². The van der Waals surface area contributed by atoms with Crippen molar-refractivity contribution < 1.29 is 14.0 Å². The van der Waals surface area contributed by atoms with Crippen LogP contribution in [-0.2, 0) is 6.42 Å². The Bertz CT molecular complexity index is 993. The number of pyridine rings is 1. The first-order chi connectivity index (χ1) is 13.5. The van der Waals surface area contributed by atoms with Gasteiger partial charge in [-0.1, -0.05) is 35.9 Å². The van der Waals surface area contributed by atoms with E-state index < -0.39 is 5.91 Å². The minimum Gasteiger partial charge on any atom is -0.352 e. The Morgan fingerprint density at radius 3 is 2.50 bits per heavy atom. The number of amides is 2. The number of hydrogen-bond donors (Lipinski definition) is 2. The number of aromatic nitrogens is 1. The van der Waals surface area contributed by atoms with Gasteiger partial charge in [0.1, 0.15) is 11.5 Å². The van der Waals surface area contributed by atoms with E-state index in [1.807, 2.05) is 0 Å². The third kappa shape index (κ3) is 5.14. The Kier molecular flexibility index (Phi) is 6.34. The lowest BCUT2D eigenvalue weighted by atomic mass is 10.1. The first kappa shape index (κ1) is 19.5. The fourth-order valence-corrected chi connectivity index (χ4v) is 2.70. The lowest BCUT2D eigenvalue weighted by molar-refractivity contribution is 0.0954. The van der Waals surface area contributed by atoms with Crippen LogP contribution in [0.25, 0.3) is 0 Å². The van der Waals surface area contributed by atoms with E-state index in [4.69, 9.17) is 11.6 Å². The molecular weight excluding hydrogens is 381 g/mol. The van der Waals surface area contributed by atoms with Crippen LogP contribution in [0, 0.1) is 5.82 Å². The van der Waals surface area contributed by atoms with Gasteiger partial charge in [0.2, 0.25) is 0 Å². The van der Waals surface area contributed by atoms with Gasteiger partial charge < -0.3 is 10.6 Å². The highest BCUT2D eigenvalue weighted by Crippen LogP contribution is 2.21. The van der Waals surface area contributed by atoms with Crippen molar-refractivity contribution in [3.8, 4) is 0 Å². The second kappa shape index (κ2) is 9.10. The first-order valence-corrected chi connectivity index (χ1v) is 8.95. The number of nitrogens with one attached hydrogen (secondary N) is 2. The maximum Gasteiger partial charge on any atom is 0.274 e. The minimum absolute atomic E-state index is 0.103. The molecule has 3 aromatic rings. The summed E-state index contributed by atoms with van der Waals surface area (Å²) >= 11 is 6.03. The molecule has 0 saturated heterocycles. The van der Waals surface area contributed by atoms with Gasteiger partial charge in [-0.25, -0.2) is 4.39 Å². The van der Waals surface area contributed by atoms with Crippen molar-refractivity contribution in [2.75, 3.05) is 11.9 Å². The predicted molar refractivity (Wildman–Crippen MR) is 106 cm³/mol. The summed E-state index contributed by atoms with van der Waals surface area (Å²) in [5, 5.41) is 5.85. The molecule has 3 rings (SSSR count). The Hall–Kier alpha value is -3.25. The summed E-state index contributed by atoms with van der Waals surface area (Å²) in [7, 11) is 0. The molecule has 2 aromatic carbocycles. The summed E-state index contributed by atoms with van der Waals surface area (Å²) in [6.07, 6.45) is 1.97. The third-order valence-electron chi connectivity index (χ3n) is 3.99. The number of rotatable bonds is 6. The van der Waals surface area contributed by atoms with Crippen molar-refractivity contribution in [1.82, 2.24) is 10.3 Å². The summed E-state index contributed by atoms with van der Waals surface area (Å²) in [5.74, 6) is -1.09. The molecule has 0 aliphatic rings.